The van der Waals surface area contributed by atoms with Crippen molar-refractivity contribution in [1.82, 2.24) is 0 Å². The number of hydrogen-bond acceptors (Lipinski definition) is 2. The van der Waals surface area contributed by atoms with E-state index in [9.17, 15) is 0 Å². The molecule has 0 aliphatic heterocycles. The van der Waals surface area contributed by atoms with E-state index in [1.807, 2.05) is 0 Å². The minimum atomic E-state index is 0.983. The van der Waals surface area contributed by atoms with Crippen molar-refractivity contribution in [3.05, 3.63) is 0 Å². The van der Waals surface area contributed by atoms with Crippen LogP contribution in [-0.4, -0.2) is 11.5 Å². The van der Waals surface area contributed by atoms with Crippen LogP contribution in [0.3, 0.4) is 0 Å². The van der Waals surface area contributed by atoms with E-state index in [1.54, 1.807) is 0 Å². The molecular weight excluding hydrogens is 304 g/mol. The first-order valence-electron chi connectivity index (χ1n) is 10.00. The number of unbranched alkanes of at least 4 members (excludes halogenated alkanes) is 3. The first-order chi connectivity index (χ1) is 10.8. The summed E-state index contributed by atoms with van der Waals surface area (Å²) in [6.45, 7) is 4.69. The topological polar surface area (TPSA) is 0 Å². The van der Waals surface area contributed by atoms with Crippen molar-refractivity contribution in [1.29, 1.82) is 0 Å². The molecule has 0 amide bonds. The largest absolute Gasteiger partial charge is 0.179 e. The van der Waals surface area contributed by atoms with E-state index in [0.29, 0.717) is 0 Å². The van der Waals surface area contributed by atoms with Crippen LogP contribution in [-0.2, 0) is 0 Å². The van der Waals surface area contributed by atoms with Gasteiger partial charge in [0.25, 0.3) is 0 Å². The van der Waals surface area contributed by atoms with E-state index in [0.717, 1.165) is 23.3 Å². The molecule has 0 fully saturated rings. The lowest BCUT2D eigenvalue weighted by Crippen LogP contribution is -2.05. The van der Waals surface area contributed by atoms with Gasteiger partial charge in [-0.05, 0) is 36.2 Å². The molecule has 0 bridgehead atoms. The monoisotopic (exact) mass is 346 g/mol. The fourth-order valence-electron chi connectivity index (χ4n) is 3.64. The molecule has 0 nitrogen and oxygen atoms in total. The van der Waals surface area contributed by atoms with Crippen LogP contribution < -0.4 is 0 Å². The summed E-state index contributed by atoms with van der Waals surface area (Å²) >= 11 is 8.65. The minimum absolute atomic E-state index is 0.983. The third-order valence-electron chi connectivity index (χ3n) is 4.91. The second kappa shape index (κ2) is 18.0. The molecule has 22 heavy (non-hydrogen) atoms. The Morgan fingerprint density at radius 1 is 0.500 bits per heavy atom. The van der Waals surface area contributed by atoms with Gasteiger partial charge in [-0.2, -0.15) is 25.3 Å². The predicted molar refractivity (Wildman–Crippen MR) is 111 cm³/mol. The van der Waals surface area contributed by atoms with Gasteiger partial charge in [0.15, 0.2) is 0 Å². The normalized spacial score (nSPS) is 14.2. The molecular formula is C20H42S2. The first-order valence-corrected chi connectivity index (χ1v) is 11.3. The number of hydrogen-bond donors (Lipinski definition) is 2. The zero-order chi connectivity index (χ0) is 16.5. The average Bonchev–Trinajstić information content (AvgIpc) is 2.51. The fourth-order valence-corrected chi connectivity index (χ4v) is 4.09. The Kier molecular flexibility index (Phi) is 18.6. The molecule has 134 valence electrons. The van der Waals surface area contributed by atoms with Crippen LogP contribution in [0.5, 0.6) is 0 Å². The van der Waals surface area contributed by atoms with Gasteiger partial charge in [-0.3, -0.25) is 0 Å². The van der Waals surface area contributed by atoms with Gasteiger partial charge >= 0.3 is 0 Å². The van der Waals surface area contributed by atoms with Crippen LogP contribution in [0, 0.1) is 11.8 Å². The Labute approximate surface area is 152 Å². The van der Waals surface area contributed by atoms with Gasteiger partial charge in [-0.25, -0.2) is 0 Å². The third kappa shape index (κ3) is 14.3. The highest BCUT2D eigenvalue weighted by Gasteiger charge is 2.11. The molecule has 0 aliphatic carbocycles. The van der Waals surface area contributed by atoms with E-state index < -0.39 is 0 Å². The van der Waals surface area contributed by atoms with Gasteiger partial charge in [0.2, 0.25) is 0 Å². The van der Waals surface area contributed by atoms with E-state index in [1.165, 1.54) is 89.9 Å². The summed E-state index contributed by atoms with van der Waals surface area (Å²) in [5.74, 6) is 4.09. The lowest BCUT2D eigenvalue weighted by molar-refractivity contribution is 0.339. The summed E-state index contributed by atoms with van der Waals surface area (Å²) in [5.41, 5.74) is 0. The zero-order valence-electron chi connectivity index (χ0n) is 15.4. The molecule has 2 heteroatoms. The summed E-state index contributed by atoms with van der Waals surface area (Å²) in [4.78, 5) is 0. The van der Waals surface area contributed by atoms with Crippen LogP contribution in [0.4, 0.5) is 0 Å². The lowest BCUT2D eigenvalue weighted by Gasteiger charge is -2.19. The number of thiol groups is 2. The smallest absolute Gasteiger partial charge is 0.00979 e. The molecule has 0 aromatic rings. The van der Waals surface area contributed by atoms with Crippen molar-refractivity contribution < 1.29 is 0 Å². The third-order valence-corrected chi connectivity index (χ3v) is 5.54. The molecule has 0 N–H and O–H groups in total. The van der Waals surface area contributed by atoms with Crippen molar-refractivity contribution >= 4 is 25.3 Å². The molecule has 0 heterocycles. The summed E-state index contributed by atoms with van der Waals surface area (Å²) in [5, 5.41) is 0. The standard InChI is InChI=1S/C20H42S2/c1-3-11-19(13-6-5-8-17-21)15-10-16-20(12-4-2)14-7-9-18-22/h19-22H,3-18H2,1-2H3. The SMILES string of the molecule is CCCC(CCCCS)CCCC(CCC)CCCCCS. The van der Waals surface area contributed by atoms with Crippen molar-refractivity contribution in [2.45, 2.75) is 104 Å². The molecule has 0 rings (SSSR count). The summed E-state index contributed by atoms with van der Waals surface area (Å²) in [7, 11) is 0. The van der Waals surface area contributed by atoms with Gasteiger partial charge in [0.1, 0.15) is 0 Å². The van der Waals surface area contributed by atoms with Crippen molar-refractivity contribution in [2.24, 2.45) is 11.8 Å². The zero-order valence-corrected chi connectivity index (χ0v) is 17.2. The average molecular weight is 347 g/mol. The predicted octanol–water partition coefficient (Wildman–Crippen LogP) is 7.58. The Hall–Kier alpha value is 0.700. The molecule has 0 radical (unpaired) electrons. The highest BCUT2D eigenvalue weighted by atomic mass is 32.1. The van der Waals surface area contributed by atoms with E-state index in [-0.39, 0.29) is 0 Å². The maximum absolute atomic E-state index is 4.34. The van der Waals surface area contributed by atoms with Gasteiger partial charge in [-0.15, -0.1) is 0 Å². The summed E-state index contributed by atoms with van der Waals surface area (Å²) in [6, 6.07) is 0. The Morgan fingerprint density at radius 3 is 1.36 bits per heavy atom. The molecule has 0 saturated carbocycles. The highest BCUT2D eigenvalue weighted by molar-refractivity contribution is 7.80. The van der Waals surface area contributed by atoms with Gasteiger partial charge in [0, 0.05) is 0 Å². The number of rotatable bonds is 17. The van der Waals surface area contributed by atoms with Crippen LogP contribution in [0.1, 0.15) is 104 Å². The molecule has 0 aromatic heterocycles. The fraction of sp³-hybridized carbons (Fsp3) is 1.00. The van der Waals surface area contributed by atoms with Gasteiger partial charge < -0.3 is 0 Å². The molecule has 2 atom stereocenters. The highest BCUT2D eigenvalue weighted by Crippen LogP contribution is 2.26. The van der Waals surface area contributed by atoms with E-state index in [4.69, 9.17) is 0 Å². The van der Waals surface area contributed by atoms with Crippen molar-refractivity contribution in [2.75, 3.05) is 11.5 Å². The summed E-state index contributed by atoms with van der Waals surface area (Å²) < 4.78 is 0. The maximum atomic E-state index is 4.34. The second-order valence-electron chi connectivity index (χ2n) is 7.03. The lowest BCUT2D eigenvalue weighted by atomic mass is 9.87. The summed E-state index contributed by atoms with van der Waals surface area (Å²) in [6.07, 6.45) is 19.7. The molecule has 0 saturated heterocycles. The van der Waals surface area contributed by atoms with E-state index in [2.05, 4.69) is 39.1 Å². The minimum Gasteiger partial charge on any atom is -0.179 e. The second-order valence-corrected chi connectivity index (χ2v) is 7.93. The Bertz CT molecular complexity index is 206. The molecule has 0 spiro atoms. The van der Waals surface area contributed by atoms with Crippen LogP contribution in [0.25, 0.3) is 0 Å². The first kappa shape index (κ1) is 22.7. The van der Waals surface area contributed by atoms with Gasteiger partial charge in [-0.1, -0.05) is 90.9 Å². The van der Waals surface area contributed by atoms with E-state index >= 15 is 0 Å². The maximum Gasteiger partial charge on any atom is -0.00979 e. The Balaban J connectivity index is 3.88. The molecule has 2 unspecified atom stereocenters. The van der Waals surface area contributed by atoms with Crippen molar-refractivity contribution in [3.63, 3.8) is 0 Å². The van der Waals surface area contributed by atoms with Crippen LogP contribution in [0.15, 0.2) is 0 Å². The van der Waals surface area contributed by atoms with Crippen LogP contribution in [0.2, 0.25) is 0 Å². The van der Waals surface area contributed by atoms with Gasteiger partial charge in [0.05, 0.1) is 0 Å². The quantitative estimate of drug-likeness (QED) is 0.197. The van der Waals surface area contributed by atoms with Crippen molar-refractivity contribution in [3.8, 4) is 0 Å². The molecule has 0 aliphatic rings. The van der Waals surface area contributed by atoms with Crippen LogP contribution >= 0.6 is 25.3 Å². The molecule has 0 aromatic carbocycles. The Morgan fingerprint density at radius 2 is 0.909 bits per heavy atom.